The Balaban J connectivity index is 2.57. The molecule has 1 aliphatic heterocycles. The first-order valence-corrected chi connectivity index (χ1v) is 8.38. The van der Waals surface area contributed by atoms with Crippen LogP contribution in [0.4, 0.5) is 10.5 Å². The van der Waals surface area contributed by atoms with E-state index >= 15 is 0 Å². The highest BCUT2D eigenvalue weighted by molar-refractivity contribution is 5.94. The van der Waals surface area contributed by atoms with E-state index in [1.807, 2.05) is 27.7 Å². The summed E-state index contributed by atoms with van der Waals surface area (Å²) in [6.07, 6.45) is -0.374. The molecule has 0 bridgehead atoms. The molecule has 1 aromatic carbocycles. The third kappa shape index (κ3) is 3.86. The SMILES string of the molecule is COC(=O)CC1(C)CN(C(=O)OC(C)(C)C)c2cc(OC)cc(OC)c21. The smallest absolute Gasteiger partial charge is 0.414 e. The van der Waals surface area contributed by atoms with Gasteiger partial charge in [0.25, 0.3) is 0 Å². The van der Waals surface area contributed by atoms with E-state index in [1.165, 1.54) is 12.0 Å². The number of amides is 1. The molecule has 0 aliphatic carbocycles. The molecule has 1 atom stereocenters. The number of carbonyl (C=O) groups is 2. The molecule has 0 fully saturated rings. The zero-order valence-electron chi connectivity index (χ0n) is 16.5. The van der Waals surface area contributed by atoms with E-state index in [1.54, 1.807) is 26.4 Å². The number of anilines is 1. The highest BCUT2D eigenvalue weighted by atomic mass is 16.6. The van der Waals surface area contributed by atoms with Crippen molar-refractivity contribution in [3.63, 3.8) is 0 Å². The van der Waals surface area contributed by atoms with Gasteiger partial charge in [0.1, 0.15) is 17.1 Å². The Labute approximate surface area is 154 Å². The molecule has 0 saturated carbocycles. The Morgan fingerprint density at radius 2 is 1.81 bits per heavy atom. The van der Waals surface area contributed by atoms with Crippen molar-refractivity contribution in [2.45, 2.75) is 45.1 Å². The first-order valence-electron chi connectivity index (χ1n) is 8.38. The van der Waals surface area contributed by atoms with Crippen LogP contribution in [0.15, 0.2) is 12.1 Å². The van der Waals surface area contributed by atoms with Crippen LogP contribution in [0.1, 0.15) is 39.7 Å². The van der Waals surface area contributed by atoms with Gasteiger partial charge < -0.3 is 18.9 Å². The molecule has 7 nitrogen and oxygen atoms in total. The highest BCUT2D eigenvalue weighted by Crippen LogP contribution is 2.50. The van der Waals surface area contributed by atoms with Crippen molar-refractivity contribution >= 4 is 17.7 Å². The van der Waals surface area contributed by atoms with E-state index < -0.39 is 17.1 Å². The predicted molar refractivity (Wildman–Crippen MR) is 97.1 cm³/mol. The van der Waals surface area contributed by atoms with E-state index in [2.05, 4.69) is 0 Å². The van der Waals surface area contributed by atoms with Gasteiger partial charge in [-0.2, -0.15) is 0 Å². The van der Waals surface area contributed by atoms with Crippen LogP contribution in [-0.4, -0.2) is 45.5 Å². The highest BCUT2D eigenvalue weighted by Gasteiger charge is 2.46. The van der Waals surface area contributed by atoms with E-state index in [9.17, 15) is 9.59 Å². The fourth-order valence-corrected chi connectivity index (χ4v) is 3.20. The first kappa shape index (κ1) is 19.9. The number of carbonyl (C=O) groups excluding carboxylic acids is 2. The lowest BCUT2D eigenvalue weighted by molar-refractivity contribution is -0.141. The van der Waals surface area contributed by atoms with Crippen molar-refractivity contribution < 1.29 is 28.5 Å². The number of benzene rings is 1. The van der Waals surface area contributed by atoms with Crippen LogP contribution in [-0.2, 0) is 19.7 Å². The second-order valence-electron chi connectivity index (χ2n) is 7.60. The monoisotopic (exact) mass is 365 g/mol. The minimum Gasteiger partial charge on any atom is -0.497 e. The molecule has 1 amide bonds. The lowest BCUT2D eigenvalue weighted by atomic mass is 9.80. The van der Waals surface area contributed by atoms with Crippen molar-refractivity contribution in [1.82, 2.24) is 0 Å². The zero-order valence-corrected chi connectivity index (χ0v) is 16.5. The Hall–Kier alpha value is -2.44. The summed E-state index contributed by atoms with van der Waals surface area (Å²) in [5.41, 5.74) is 0.0669. The summed E-state index contributed by atoms with van der Waals surface area (Å²) < 4.78 is 21.2. The number of fused-ring (bicyclic) bond motifs is 1. The van der Waals surface area contributed by atoms with Crippen LogP contribution in [0.3, 0.4) is 0 Å². The Bertz CT molecular complexity index is 709. The molecule has 7 heteroatoms. The van der Waals surface area contributed by atoms with Crippen LogP contribution in [0.2, 0.25) is 0 Å². The molecule has 0 radical (unpaired) electrons. The topological polar surface area (TPSA) is 74.3 Å². The molecule has 1 heterocycles. The van der Waals surface area contributed by atoms with Gasteiger partial charge in [-0.05, 0) is 20.8 Å². The van der Waals surface area contributed by atoms with Gasteiger partial charge in [-0.25, -0.2) is 4.79 Å². The minimum absolute atomic E-state index is 0.110. The maximum Gasteiger partial charge on any atom is 0.414 e. The van der Waals surface area contributed by atoms with Crippen LogP contribution in [0.5, 0.6) is 11.5 Å². The van der Waals surface area contributed by atoms with Gasteiger partial charge in [0.05, 0.1) is 33.4 Å². The third-order valence-corrected chi connectivity index (χ3v) is 4.29. The predicted octanol–water partition coefficient (Wildman–Crippen LogP) is 3.28. The van der Waals surface area contributed by atoms with Crippen molar-refractivity contribution in [2.24, 2.45) is 0 Å². The van der Waals surface area contributed by atoms with Crippen molar-refractivity contribution in [2.75, 3.05) is 32.8 Å². The van der Waals surface area contributed by atoms with E-state index in [-0.39, 0.29) is 18.9 Å². The zero-order chi connectivity index (χ0) is 19.7. The summed E-state index contributed by atoms with van der Waals surface area (Å²) in [4.78, 5) is 26.3. The fourth-order valence-electron chi connectivity index (χ4n) is 3.20. The lowest BCUT2D eigenvalue weighted by Gasteiger charge is -2.27. The van der Waals surface area contributed by atoms with Gasteiger partial charge in [-0.15, -0.1) is 0 Å². The molecule has 1 aliphatic rings. The number of hydrogen-bond donors (Lipinski definition) is 0. The van der Waals surface area contributed by atoms with E-state index in [0.29, 0.717) is 17.2 Å². The molecule has 144 valence electrons. The van der Waals surface area contributed by atoms with E-state index in [4.69, 9.17) is 18.9 Å². The van der Waals surface area contributed by atoms with Crippen molar-refractivity contribution in [3.05, 3.63) is 17.7 Å². The van der Waals surface area contributed by atoms with Crippen molar-refractivity contribution in [1.29, 1.82) is 0 Å². The summed E-state index contributed by atoms with van der Waals surface area (Å²) in [5, 5.41) is 0. The molecule has 0 saturated heterocycles. The molecule has 26 heavy (non-hydrogen) atoms. The first-order chi connectivity index (χ1) is 12.0. The summed E-state index contributed by atoms with van der Waals surface area (Å²) >= 11 is 0. The Kier molecular flexibility index (Phi) is 5.39. The lowest BCUT2D eigenvalue weighted by Crippen LogP contribution is -2.40. The summed E-state index contributed by atoms with van der Waals surface area (Å²) in [6.45, 7) is 7.60. The average Bonchev–Trinajstić information content (AvgIpc) is 2.85. The number of rotatable bonds is 4. The van der Waals surface area contributed by atoms with Gasteiger partial charge in [0.2, 0.25) is 0 Å². The van der Waals surface area contributed by atoms with E-state index in [0.717, 1.165) is 5.56 Å². The quantitative estimate of drug-likeness (QED) is 0.763. The minimum atomic E-state index is -0.670. The largest absolute Gasteiger partial charge is 0.497 e. The van der Waals surface area contributed by atoms with Gasteiger partial charge in [0, 0.05) is 29.7 Å². The summed E-state index contributed by atoms with van der Waals surface area (Å²) in [5.74, 6) is 0.746. The second-order valence-corrected chi connectivity index (χ2v) is 7.60. The van der Waals surface area contributed by atoms with Crippen LogP contribution < -0.4 is 14.4 Å². The van der Waals surface area contributed by atoms with Gasteiger partial charge in [-0.3, -0.25) is 9.69 Å². The van der Waals surface area contributed by atoms with Crippen LogP contribution in [0.25, 0.3) is 0 Å². The molecule has 2 rings (SSSR count). The number of nitrogens with zero attached hydrogens (tertiary/aromatic N) is 1. The summed E-state index contributed by atoms with van der Waals surface area (Å²) in [6, 6.07) is 3.50. The Morgan fingerprint density at radius 3 is 2.31 bits per heavy atom. The third-order valence-electron chi connectivity index (χ3n) is 4.29. The van der Waals surface area contributed by atoms with Crippen LogP contribution >= 0.6 is 0 Å². The fraction of sp³-hybridized carbons (Fsp3) is 0.579. The Morgan fingerprint density at radius 1 is 1.15 bits per heavy atom. The number of methoxy groups -OCH3 is 3. The van der Waals surface area contributed by atoms with Gasteiger partial charge >= 0.3 is 12.1 Å². The number of hydrogen-bond acceptors (Lipinski definition) is 6. The van der Waals surface area contributed by atoms with Gasteiger partial charge in [-0.1, -0.05) is 6.92 Å². The second kappa shape index (κ2) is 7.05. The maximum absolute atomic E-state index is 12.8. The molecule has 0 N–H and O–H groups in total. The molecule has 0 spiro atoms. The van der Waals surface area contributed by atoms with Crippen LogP contribution in [0, 0.1) is 0 Å². The molecular formula is C19H27NO6. The molecule has 0 aromatic heterocycles. The molecule has 1 aromatic rings. The molecule has 1 unspecified atom stereocenters. The van der Waals surface area contributed by atoms with Gasteiger partial charge in [0.15, 0.2) is 0 Å². The number of esters is 1. The number of ether oxygens (including phenoxy) is 4. The molecular weight excluding hydrogens is 338 g/mol. The normalized spacial score (nSPS) is 19.0. The maximum atomic E-state index is 12.8. The average molecular weight is 365 g/mol. The standard InChI is InChI=1S/C19H27NO6/c1-18(2,3)26-17(22)20-11-19(4,10-15(21)25-7)16-13(20)8-12(23-5)9-14(16)24-6/h8-9H,10-11H2,1-7H3. The van der Waals surface area contributed by atoms with Crippen molar-refractivity contribution in [3.8, 4) is 11.5 Å². The summed E-state index contributed by atoms with van der Waals surface area (Å²) in [7, 11) is 4.43.